The molecule has 0 aliphatic carbocycles. The molecule has 6 heteroatoms. The van der Waals surface area contributed by atoms with E-state index in [0.717, 1.165) is 12.8 Å². The van der Waals surface area contributed by atoms with Crippen LogP contribution in [0.4, 0.5) is 5.69 Å². The predicted molar refractivity (Wildman–Crippen MR) is 65.7 cm³/mol. The molecule has 1 N–H and O–H groups in total. The number of hydrogen-bond donors (Lipinski definition) is 1. The number of carbonyl (C=O) groups is 1. The SMILES string of the molecule is CCCCSc1c(C(=O)O)cccc1[N+](=O)[O-]. The van der Waals surface area contributed by atoms with Crippen LogP contribution in [0.1, 0.15) is 30.1 Å². The average Bonchev–Trinajstić information content (AvgIpc) is 2.28. The molecule has 1 aromatic rings. The van der Waals surface area contributed by atoms with Crippen molar-refractivity contribution in [3.05, 3.63) is 33.9 Å². The van der Waals surface area contributed by atoms with Gasteiger partial charge in [-0.1, -0.05) is 19.4 Å². The van der Waals surface area contributed by atoms with Crippen LogP contribution in [0.15, 0.2) is 23.1 Å². The smallest absolute Gasteiger partial charge is 0.337 e. The normalized spacial score (nSPS) is 10.2. The van der Waals surface area contributed by atoms with Crippen molar-refractivity contribution in [2.75, 3.05) is 5.75 Å². The van der Waals surface area contributed by atoms with Gasteiger partial charge in [-0.3, -0.25) is 10.1 Å². The quantitative estimate of drug-likeness (QED) is 0.365. The van der Waals surface area contributed by atoms with Crippen LogP contribution in [0.25, 0.3) is 0 Å². The second-order valence-electron chi connectivity index (χ2n) is 3.42. The molecule has 1 rings (SSSR count). The van der Waals surface area contributed by atoms with Crippen molar-refractivity contribution >= 4 is 23.4 Å². The van der Waals surface area contributed by atoms with E-state index in [4.69, 9.17) is 5.11 Å². The lowest BCUT2D eigenvalue weighted by atomic mass is 10.2. The number of carboxylic acid groups (broad SMARTS) is 1. The van der Waals surface area contributed by atoms with Crippen molar-refractivity contribution in [1.29, 1.82) is 0 Å². The van der Waals surface area contributed by atoms with Crippen molar-refractivity contribution in [3.63, 3.8) is 0 Å². The first kappa shape index (κ1) is 13.5. The van der Waals surface area contributed by atoms with Gasteiger partial charge in [0.1, 0.15) is 0 Å². The van der Waals surface area contributed by atoms with Crippen molar-refractivity contribution in [3.8, 4) is 0 Å². The number of hydrogen-bond acceptors (Lipinski definition) is 4. The number of nitrogens with zero attached hydrogens (tertiary/aromatic N) is 1. The van der Waals surface area contributed by atoms with Gasteiger partial charge in [-0.05, 0) is 18.2 Å². The molecule has 92 valence electrons. The second kappa shape index (κ2) is 6.24. The van der Waals surface area contributed by atoms with Gasteiger partial charge in [0.2, 0.25) is 0 Å². The van der Waals surface area contributed by atoms with Gasteiger partial charge in [0, 0.05) is 6.07 Å². The number of aromatic carboxylic acids is 1. The van der Waals surface area contributed by atoms with E-state index in [-0.39, 0.29) is 16.1 Å². The number of thioether (sulfide) groups is 1. The Morgan fingerprint density at radius 1 is 1.53 bits per heavy atom. The van der Waals surface area contributed by atoms with Crippen LogP contribution in [-0.2, 0) is 0 Å². The fourth-order valence-electron chi connectivity index (χ4n) is 1.31. The Hall–Kier alpha value is -1.56. The number of rotatable bonds is 6. The third kappa shape index (κ3) is 3.45. The highest BCUT2D eigenvalue weighted by Crippen LogP contribution is 2.33. The summed E-state index contributed by atoms with van der Waals surface area (Å²) in [6, 6.07) is 4.12. The van der Waals surface area contributed by atoms with E-state index < -0.39 is 10.9 Å². The van der Waals surface area contributed by atoms with E-state index in [1.807, 2.05) is 6.92 Å². The van der Waals surface area contributed by atoms with Gasteiger partial charge >= 0.3 is 5.97 Å². The molecule has 0 atom stereocenters. The predicted octanol–water partition coefficient (Wildman–Crippen LogP) is 3.19. The van der Waals surface area contributed by atoms with Crippen molar-refractivity contribution in [1.82, 2.24) is 0 Å². The van der Waals surface area contributed by atoms with Gasteiger partial charge < -0.3 is 5.11 Å². The minimum atomic E-state index is -1.13. The number of nitro groups is 1. The Balaban J connectivity index is 3.10. The van der Waals surface area contributed by atoms with Crippen molar-refractivity contribution < 1.29 is 14.8 Å². The molecule has 0 radical (unpaired) electrons. The molecule has 0 amide bonds. The molecule has 0 unspecified atom stereocenters. The van der Waals surface area contributed by atoms with Gasteiger partial charge in [0.05, 0.1) is 15.4 Å². The summed E-state index contributed by atoms with van der Waals surface area (Å²) in [4.78, 5) is 21.5. The van der Waals surface area contributed by atoms with Gasteiger partial charge in [-0.2, -0.15) is 0 Å². The fraction of sp³-hybridized carbons (Fsp3) is 0.364. The molecule has 0 heterocycles. The van der Waals surface area contributed by atoms with Gasteiger partial charge in [-0.15, -0.1) is 11.8 Å². The number of unbranched alkanes of at least 4 members (excludes halogenated alkanes) is 1. The first-order valence-electron chi connectivity index (χ1n) is 5.21. The van der Waals surface area contributed by atoms with Crippen LogP contribution in [0, 0.1) is 10.1 Å². The molecule has 0 fully saturated rings. The van der Waals surface area contributed by atoms with Crippen molar-refractivity contribution in [2.24, 2.45) is 0 Å². The third-order valence-corrected chi connectivity index (χ3v) is 3.38. The average molecular weight is 255 g/mol. The van der Waals surface area contributed by atoms with Gasteiger partial charge in [0.25, 0.3) is 5.69 Å². The highest BCUT2D eigenvalue weighted by molar-refractivity contribution is 7.99. The summed E-state index contributed by atoms with van der Waals surface area (Å²) < 4.78 is 0. The highest BCUT2D eigenvalue weighted by Gasteiger charge is 2.21. The molecule has 0 aliphatic heterocycles. The Kier molecular flexibility index (Phi) is 4.96. The Morgan fingerprint density at radius 2 is 2.24 bits per heavy atom. The maximum Gasteiger partial charge on any atom is 0.337 e. The molecular formula is C11H13NO4S. The molecular weight excluding hydrogens is 242 g/mol. The van der Waals surface area contributed by atoms with Crippen LogP contribution >= 0.6 is 11.8 Å². The van der Waals surface area contributed by atoms with E-state index in [9.17, 15) is 14.9 Å². The molecule has 17 heavy (non-hydrogen) atoms. The maximum atomic E-state index is 11.0. The van der Waals surface area contributed by atoms with Gasteiger partial charge in [0.15, 0.2) is 0 Å². The Labute approximate surface area is 103 Å². The summed E-state index contributed by atoms with van der Waals surface area (Å²) in [7, 11) is 0. The zero-order valence-electron chi connectivity index (χ0n) is 9.38. The zero-order chi connectivity index (χ0) is 12.8. The largest absolute Gasteiger partial charge is 0.478 e. The van der Waals surface area contributed by atoms with E-state index in [1.165, 1.54) is 30.0 Å². The molecule has 5 nitrogen and oxygen atoms in total. The van der Waals surface area contributed by atoms with Crippen molar-refractivity contribution in [2.45, 2.75) is 24.7 Å². The number of nitro benzene ring substituents is 1. The molecule has 0 aromatic heterocycles. The summed E-state index contributed by atoms with van der Waals surface area (Å²) >= 11 is 1.23. The third-order valence-electron chi connectivity index (χ3n) is 2.17. The monoisotopic (exact) mass is 255 g/mol. The zero-order valence-corrected chi connectivity index (χ0v) is 10.2. The van der Waals surface area contributed by atoms with Gasteiger partial charge in [-0.25, -0.2) is 4.79 Å². The topological polar surface area (TPSA) is 80.4 Å². The number of carboxylic acids is 1. The molecule has 0 spiro atoms. The standard InChI is InChI=1S/C11H13NO4S/c1-2-3-7-17-10-8(11(13)14)5-4-6-9(10)12(15)16/h4-6H,2-3,7H2,1H3,(H,13,14). The number of benzene rings is 1. The lowest BCUT2D eigenvalue weighted by molar-refractivity contribution is -0.387. The highest BCUT2D eigenvalue weighted by atomic mass is 32.2. The lowest BCUT2D eigenvalue weighted by Crippen LogP contribution is -2.02. The van der Waals surface area contributed by atoms with E-state index in [0.29, 0.717) is 5.75 Å². The molecule has 0 aliphatic rings. The fourth-order valence-corrected chi connectivity index (χ4v) is 2.55. The Bertz CT molecular complexity index is 401. The van der Waals surface area contributed by atoms with Crippen LogP contribution in [0.3, 0.4) is 0 Å². The van der Waals surface area contributed by atoms with Crippen LogP contribution in [0.2, 0.25) is 0 Å². The minimum absolute atomic E-state index is 0.000281. The second-order valence-corrected chi connectivity index (χ2v) is 4.52. The van der Waals surface area contributed by atoms with E-state index in [2.05, 4.69) is 0 Å². The summed E-state index contributed by atoms with van der Waals surface area (Å²) in [5.41, 5.74) is -0.133. The lowest BCUT2D eigenvalue weighted by Gasteiger charge is -2.05. The summed E-state index contributed by atoms with van der Waals surface area (Å²) in [6.07, 6.45) is 1.87. The minimum Gasteiger partial charge on any atom is -0.478 e. The molecule has 0 saturated heterocycles. The van der Waals surface area contributed by atoms with Crippen LogP contribution in [0.5, 0.6) is 0 Å². The Morgan fingerprint density at radius 3 is 2.76 bits per heavy atom. The first-order chi connectivity index (χ1) is 8.07. The molecule has 0 bridgehead atoms. The van der Waals surface area contributed by atoms with E-state index >= 15 is 0 Å². The molecule has 1 aromatic carbocycles. The van der Waals surface area contributed by atoms with Crippen LogP contribution in [-0.4, -0.2) is 21.8 Å². The first-order valence-corrected chi connectivity index (χ1v) is 6.20. The summed E-state index contributed by atoms with van der Waals surface area (Å²) in [5.74, 6) is -0.450. The molecule has 0 saturated carbocycles. The van der Waals surface area contributed by atoms with Crippen LogP contribution < -0.4 is 0 Å². The van der Waals surface area contributed by atoms with E-state index in [1.54, 1.807) is 0 Å². The maximum absolute atomic E-state index is 11.0. The summed E-state index contributed by atoms with van der Waals surface area (Å²) in [5, 5.41) is 19.8. The summed E-state index contributed by atoms with van der Waals surface area (Å²) in [6.45, 7) is 2.01.